The fourth-order valence-corrected chi connectivity index (χ4v) is 2.66. The summed E-state index contributed by atoms with van der Waals surface area (Å²) < 4.78 is 0.969. The molecule has 0 aliphatic carbocycles. The summed E-state index contributed by atoms with van der Waals surface area (Å²) in [6.45, 7) is 2.02. The third-order valence-corrected chi connectivity index (χ3v) is 4.32. The van der Waals surface area contributed by atoms with Crippen LogP contribution in [0, 0.1) is 0 Å². The van der Waals surface area contributed by atoms with Crippen LogP contribution in [0.3, 0.4) is 0 Å². The molecule has 0 saturated carbocycles. The number of rotatable bonds is 3. The fraction of sp³-hybridized carbons (Fsp3) is 0.133. The standard InChI is InChI=1S/C15H13BrCl2N2O/c1-2-8-5-10(16)3-4-13(8)20-15(21)9-6-11(17)14(18)12(19)7-9/h3-7H,2,19H2,1H3,(H,20,21). The minimum atomic E-state index is -0.280. The molecule has 0 aromatic heterocycles. The molecule has 2 rings (SSSR count). The molecule has 2 aromatic rings. The summed E-state index contributed by atoms with van der Waals surface area (Å²) in [6, 6.07) is 8.70. The van der Waals surface area contributed by atoms with Gasteiger partial charge < -0.3 is 11.1 Å². The average Bonchev–Trinajstić information content (AvgIpc) is 2.45. The second-order valence-corrected chi connectivity index (χ2v) is 6.17. The molecular formula is C15H13BrCl2N2O. The maximum Gasteiger partial charge on any atom is 0.255 e. The van der Waals surface area contributed by atoms with Gasteiger partial charge in [-0.05, 0) is 42.3 Å². The number of nitrogen functional groups attached to an aromatic ring is 1. The molecule has 6 heteroatoms. The molecule has 0 atom stereocenters. The molecule has 0 spiro atoms. The summed E-state index contributed by atoms with van der Waals surface area (Å²) in [5, 5.41) is 3.38. The number of benzene rings is 2. The third kappa shape index (κ3) is 3.70. The van der Waals surface area contributed by atoms with Crippen molar-refractivity contribution >= 4 is 56.4 Å². The smallest absolute Gasteiger partial charge is 0.255 e. The molecule has 3 N–H and O–H groups in total. The van der Waals surface area contributed by atoms with E-state index in [2.05, 4.69) is 21.2 Å². The van der Waals surface area contributed by atoms with E-state index in [1.54, 1.807) is 0 Å². The number of halogens is 3. The van der Waals surface area contributed by atoms with E-state index in [4.69, 9.17) is 28.9 Å². The number of anilines is 2. The molecule has 2 aromatic carbocycles. The van der Waals surface area contributed by atoms with Crippen LogP contribution in [0.5, 0.6) is 0 Å². The number of aryl methyl sites for hydroxylation is 1. The lowest BCUT2D eigenvalue weighted by atomic mass is 10.1. The van der Waals surface area contributed by atoms with Gasteiger partial charge in [-0.3, -0.25) is 4.79 Å². The van der Waals surface area contributed by atoms with Crippen molar-refractivity contribution in [2.24, 2.45) is 0 Å². The summed E-state index contributed by atoms with van der Waals surface area (Å²) in [4.78, 5) is 12.3. The lowest BCUT2D eigenvalue weighted by molar-refractivity contribution is 0.102. The predicted molar refractivity (Wildman–Crippen MR) is 92.3 cm³/mol. The number of carbonyl (C=O) groups is 1. The lowest BCUT2D eigenvalue weighted by Crippen LogP contribution is -2.13. The summed E-state index contributed by atoms with van der Waals surface area (Å²) in [7, 11) is 0. The van der Waals surface area contributed by atoms with Gasteiger partial charge in [0.25, 0.3) is 5.91 Å². The van der Waals surface area contributed by atoms with Crippen LogP contribution < -0.4 is 11.1 Å². The molecule has 0 heterocycles. The molecule has 0 aliphatic heterocycles. The Labute approximate surface area is 141 Å². The predicted octanol–water partition coefficient (Wildman–Crippen LogP) is 5.15. The summed E-state index contributed by atoms with van der Waals surface area (Å²) in [6.07, 6.45) is 0.804. The minimum absolute atomic E-state index is 0.256. The van der Waals surface area contributed by atoms with Gasteiger partial charge in [0.15, 0.2) is 0 Å². The van der Waals surface area contributed by atoms with Crippen molar-refractivity contribution in [2.75, 3.05) is 11.1 Å². The van der Waals surface area contributed by atoms with Gasteiger partial charge in [-0.15, -0.1) is 0 Å². The molecule has 0 saturated heterocycles. The zero-order valence-corrected chi connectivity index (χ0v) is 14.3. The Hall–Kier alpha value is -1.23. The van der Waals surface area contributed by atoms with Crippen LogP contribution in [0.2, 0.25) is 10.0 Å². The van der Waals surface area contributed by atoms with Crippen LogP contribution in [-0.2, 0) is 6.42 Å². The second kappa shape index (κ2) is 6.69. The molecule has 0 aliphatic rings. The van der Waals surface area contributed by atoms with Crippen LogP contribution >= 0.6 is 39.1 Å². The Morgan fingerprint density at radius 3 is 2.62 bits per heavy atom. The number of amides is 1. The average molecular weight is 388 g/mol. The van der Waals surface area contributed by atoms with E-state index in [0.29, 0.717) is 5.56 Å². The van der Waals surface area contributed by atoms with E-state index in [9.17, 15) is 4.79 Å². The van der Waals surface area contributed by atoms with Crippen molar-refractivity contribution in [1.29, 1.82) is 0 Å². The lowest BCUT2D eigenvalue weighted by Gasteiger charge is -2.11. The van der Waals surface area contributed by atoms with Crippen molar-refractivity contribution in [3.05, 3.63) is 56.0 Å². The Morgan fingerprint density at radius 2 is 2.00 bits per heavy atom. The summed E-state index contributed by atoms with van der Waals surface area (Å²) in [5.74, 6) is -0.280. The quantitative estimate of drug-likeness (QED) is 0.715. The van der Waals surface area contributed by atoms with Crippen LogP contribution in [0.15, 0.2) is 34.8 Å². The maximum absolute atomic E-state index is 12.3. The van der Waals surface area contributed by atoms with Gasteiger partial charge in [-0.25, -0.2) is 0 Å². The first kappa shape index (κ1) is 16.1. The number of nitrogens with two attached hydrogens (primary N) is 1. The Balaban J connectivity index is 2.30. The highest BCUT2D eigenvalue weighted by atomic mass is 79.9. The van der Waals surface area contributed by atoms with Crippen LogP contribution in [0.1, 0.15) is 22.8 Å². The molecule has 0 unspecified atom stereocenters. The fourth-order valence-electron chi connectivity index (χ4n) is 1.91. The Morgan fingerprint density at radius 1 is 1.29 bits per heavy atom. The second-order valence-electron chi connectivity index (χ2n) is 4.47. The van der Waals surface area contributed by atoms with Crippen LogP contribution in [-0.4, -0.2) is 5.91 Å². The first-order chi connectivity index (χ1) is 9.92. The van der Waals surface area contributed by atoms with Gasteiger partial charge in [0.2, 0.25) is 0 Å². The van der Waals surface area contributed by atoms with E-state index < -0.39 is 0 Å². The van der Waals surface area contributed by atoms with E-state index in [-0.39, 0.29) is 21.6 Å². The zero-order chi connectivity index (χ0) is 15.6. The Bertz CT molecular complexity index is 681. The van der Waals surface area contributed by atoms with Crippen molar-refractivity contribution in [3.8, 4) is 0 Å². The number of nitrogens with one attached hydrogen (secondary N) is 1. The van der Waals surface area contributed by atoms with Crippen molar-refractivity contribution in [3.63, 3.8) is 0 Å². The highest BCUT2D eigenvalue weighted by Crippen LogP contribution is 2.30. The largest absolute Gasteiger partial charge is 0.397 e. The topological polar surface area (TPSA) is 55.1 Å². The van der Waals surface area contributed by atoms with Crippen LogP contribution in [0.4, 0.5) is 11.4 Å². The maximum atomic E-state index is 12.3. The Kier molecular flexibility index (Phi) is 5.14. The van der Waals surface area contributed by atoms with Crippen molar-refractivity contribution in [2.45, 2.75) is 13.3 Å². The first-order valence-electron chi connectivity index (χ1n) is 6.26. The number of hydrogen-bond acceptors (Lipinski definition) is 2. The zero-order valence-electron chi connectivity index (χ0n) is 11.2. The third-order valence-electron chi connectivity index (χ3n) is 3.01. The molecular weight excluding hydrogens is 375 g/mol. The van der Waals surface area contributed by atoms with Crippen molar-refractivity contribution < 1.29 is 4.79 Å². The van der Waals surface area contributed by atoms with Gasteiger partial charge in [-0.2, -0.15) is 0 Å². The van der Waals surface area contributed by atoms with E-state index in [1.807, 2.05) is 25.1 Å². The van der Waals surface area contributed by atoms with Crippen molar-refractivity contribution in [1.82, 2.24) is 0 Å². The van der Waals surface area contributed by atoms with E-state index >= 15 is 0 Å². The summed E-state index contributed by atoms with van der Waals surface area (Å²) >= 11 is 15.2. The molecule has 3 nitrogen and oxygen atoms in total. The van der Waals surface area contributed by atoms with Gasteiger partial charge in [0.1, 0.15) is 0 Å². The number of hydrogen-bond donors (Lipinski definition) is 2. The monoisotopic (exact) mass is 386 g/mol. The number of carbonyl (C=O) groups excluding carboxylic acids is 1. The molecule has 1 amide bonds. The van der Waals surface area contributed by atoms with Gasteiger partial charge >= 0.3 is 0 Å². The van der Waals surface area contributed by atoms with Crippen LogP contribution in [0.25, 0.3) is 0 Å². The van der Waals surface area contributed by atoms with Gasteiger partial charge in [0.05, 0.1) is 15.7 Å². The molecule has 0 bridgehead atoms. The van der Waals surface area contributed by atoms with Gasteiger partial charge in [0, 0.05) is 15.7 Å². The van der Waals surface area contributed by atoms with E-state index in [0.717, 1.165) is 22.1 Å². The SMILES string of the molecule is CCc1cc(Br)ccc1NC(=O)c1cc(N)c(Cl)c(Cl)c1. The first-order valence-corrected chi connectivity index (χ1v) is 7.81. The highest BCUT2D eigenvalue weighted by molar-refractivity contribution is 9.10. The van der Waals surface area contributed by atoms with Gasteiger partial charge in [-0.1, -0.05) is 46.1 Å². The minimum Gasteiger partial charge on any atom is -0.397 e. The molecule has 110 valence electrons. The van der Waals surface area contributed by atoms with E-state index in [1.165, 1.54) is 12.1 Å². The molecule has 0 radical (unpaired) electrons. The summed E-state index contributed by atoms with van der Waals surface area (Å²) in [5.41, 5.74) is 8.16. The normalized spacial score (nSPS) is 10.5. The highest BCUT2D eigenvalue weighted by Gasteiger charge is 2.13. The molecule has 0 fully saturated rings. The molecule has 21 heavy (non-hydrogen) atoms.